The minimum Gasteiger partial charge on any atom is -0.394 e. The molecule has 0 heterocycles. The second kappa shape index (κ2) is 7.59. The summed E-state index contributed by atoms with van der Waals surface area (Å²) in [6, 6.07) is 0. The van der Waals surface area contributed by atoms with Gasteiger partial charge in [-0.2, -0.15) is 0 Å². The van der Waals surface area contributed by atoms with Gasteiger partial charge in [-0.1, -0.05) is 0 Å². The Morgan fingerprint density at radius 2 is 2.18 bits per heavy atom. The highest BCUT2D eigenvalue weighted by Crippen LogP contribution is 1.89. The summed E-state index contributed by atoms with van der Waals surface area (Å²) in [4.78, 5) is 3.65. The first-order valence-corrected chi connectivity index (χ1v) is 2.98. The van der Waals surface area contributed by atoms with Gasteiger partial charge in [0.1, 0.15) is 6.23 Å². The number of aliphatic imine (C=N–C) groups is 1. The zero-order chi connectivity index (χ0) is 7.98. The molecule has 1 atom stereocenters. The van der Waals surface area contributed by atoms with Crippen molar-refractivity contribution in [2.45, 2.75) is 13.2 Å². The lowest BCUT2D eigenvalue weighted by atomic mass is 10.6. The van der Waals surface area contributed by atoms with E-state index in [1.165, 1.54) is 0 Å². The summed E-state index contributed by atoms with van der Waals surface area (Å²) in [5.74, 6) is -0.00885. The maximum Gasteiger partial charge on any atom is 0.188 e. The minimum absolute atomic E-state index is 0. The van der Waals surface area contributed by atoms with E-state index in [-0.39, 0.29) is 37.8 Å². The van der Waals surface area contributed by atoms with Gasteiger partial charge in [0.05, 0.1) is 13.2 Å². The van der Waals surface area contributed by atoms with Crippen molar-refractivity contribution in [1.29, 1.82) is 0 Å². The highest BCUT2D eigenvalue weighted by atomic mass is 35.5. The van der Waals surface area contributed by atoms with Crippen LogP contribution in [0.15, 0.2) is 4.99 Å². The topological polar surface area (TPSA) is 93.9 Å². The van der Waals surface area contributed by atoms with Crippen molar-refractivity contribution in [3.63, 3.8) is 0 Å². The average Bonchev–Trinajstić information content (AvgIpc) is 1.82. The Labute approximate surface area is 71.8 Å². The average molecular weight is 184 g/mol. The van der Waals surface area contributed by atoms with Gasteiger partial charge in [0.25, 0.3) is 0 Å². The fourth-order valence-electron chi connectivity index (χ4n) is 0.470. The fourth-order valence-corrected chi connectivity index (χ4v) is 0.470. The van der Waals surface area contributed by atoms with E-state index in [1.54, 1.807) is 6.92 Å². The molecule has 6 heteroatoms. The van der Waals surface area contributed by atoms with E-state index in [0.717, 1.165) is 0 Å². The summed E-state index contributed by atoms with van der Waals surface area (Å²) in [5, 5.41) is 8.31. The van der Waals surface area contributed by atoms with Gasteiger partial charge in [-0.25, -0.2) is 4.99 Å². The van der Waals surface area contributed by atoms with E-state index in [2.05, 4.69) is 4.99 Å². The molecule has 5 N–H and O–H groups in total. The molecule has 5 nitrogen and oxygen atoms in total. The van der Waals surface area contributed by atoms with Crippen LogP contribution in [-0.2, 0) is 4.74 Å². The van der Waals surface area contributed by atoms with Crippen LogP contribution in [0.2, 0.25) is 0 Å². The third-order valence-electron chi connectivity index (χ3n) is 0.781. The first-order chi connectivity index (χ1) is 4.66. The monoisotopic (exact) mass is 183 g/mol. The van der Waals surface area contributed by atoms with Crippen LogP contribution in [-0.4, -0.2) is 30.5 Å². The van der Waals surface area contributed by atoms with Gasteiger partial charge < -0.3 is 21.3 Å². The third-order valence-corrected chi connectivity index (χ3v) is 0.781. The van der Waals surface area contributed by atoms with E-state index in [4.69, 9.17) is 21.3 Å². The predicted octanol–water partition coefficient (Wildman–Crippen LogP) is -0.963. The Balaban J connectivity index is 0. The van der Waals surface area contributed by atoms with Crippen LogP contribution in [0.3, 0.4) is 0 Å². The maximum atomic E-state index is 8.31. The number of hydrogen-bond acceptors (Lipinski definition) is 3. The molecule has 0 saturated carbocycles. The Bertz CT molecular complexity index is 116. The summed E-state index contributed by atoms with van der Waals surface area (Å²) in [6.45, 7) is 1.91. The molecule has 0 aliphatic heterocycles. The summed E-state index contributed by atoms with van der Waals surface area (Å²) in [5.41, 5.74) is 10.1. The number of rotatable bonds is 4. The number of ether oxygens (including phenoxy) is 1. The summed E-state index contributed by atoms with van der Waals surface area (Å²) < 4.78 is 4.90. The number of guanidine groups is 1. The molecule has 0 spiro atoms. The van der Waals surface area contributed by atoms with E-state index in [0.29, 0.717) is 0 Å². The molecule has 0 rings (SSSR count). The standard InChI is InChI=1S/C5H13N3O2.ClH/c1-4(8-5(6)7)10-3-2-9;/h4,9H,2-3H2,1H3,(H4,6,7,8);1H. The number of hydrogen-bond donors (Lipinski definition) is 3. The maximum absolute atomic E-state index is 8.31. The first-order valence-electron chi connectivity index (χ1n) is 2.98. The van der Waals surface area contributed by atoms with Gasteiger partial charge in [-0.15, -0.1) is 12.4 Å². The molecule has 0 saturated heterocycles. The van der Waals surface area contributed by atoms with Crippen molar-refractivity contribution in [2.24, 2.45) is 16.5 Å². The zero-order valence-corrected chi connectivity index (χ0v) is 7.17. The first kappa shape index (κ1) is 13.1. The minimum atomic E-state index is -0.378. The molecule has 0 amide bonds. The second-order valence-corrected chi connectivity index (χ2v) is 1.75. The van der Waals surface area contributed by atoms with Gasteiger partial charge in [0.2, 0.25) is 0 Å². The van der Waals surface area contributed by atoms with Gasteiger partial charge in [0.15, 0.2) is 5.96 Å². The Hall–Kier alpha value is -0.520. The van der Waals surface area contributed by atoms with Gasteiger partial charge in [-0.05, 0) is 6.92 Å². The van der Waals surface area contributed by atoms with Crippen molar-refractivity contribution in [3.8, 4) is 0 Å². The van der Waals surface area contributed by atoms with Crippen LogP contribution in [0.5, 0.6) is 0 Å². The predicted molar refractivity (Wildman–Crippen MR) is 45.6 cm³/mol. The molecule has 0 bridgehead atoms. The molecular weight excluding hydrogens is 170 g/mol. The van der Waals surface area contributed by atoms with Crippen LogP contribution in [0, 0.1) is 0 Å². The van der Waals surface area contributed by atoms with Crippen LogP contribution < -0.4 is 11.5 Å². The van der Waals surface area contributed by atoms with Crippen molar-refractivity contribution in [1.82, 2.24) is 0 Å². The molecule has 1 unspecified atom stereocenters. The van der Waals surface area contributed by atoms with Crippen LogP contribution >= 0.6 is 12.4 Å². The highest BCUT2D eigenvalue weighted by molar-refractivity contribution is 5.85. The molecule has 0 aromatic carbocycles. The molecule has 0 aromatic rings. The molecule has 0 fully saturated rings. The molecule has 0 aliphatic carbocycles. The summed E-state index contributed by atoms with van der Waals surface area (Å²) >= 11 is 0. The fraction of sp³-hybridized carbons (Fsp3) is 0.800. The van der Waals surface area contributed by atoms with Crippen molar-refractivity contribution in [3.05, 3.63) is 0 Å². The van der Waals surface area contributed by atoms with Gasteiger partial charge in [-0.3, -0.25) is 0 Å². The Morgan fingerprint density at radius 1 is 1.64 bits per heavy atom. The smallest absolute Gasteiger partial charge is 0.188 e. The zero-order valence-electron chi connectivity index (χ0n) is 6.36. The van der Waals surface area contributed by atoms with Crippen molar-refractivity contribution >= 4 is 18.4 Å². The highest BCUT2D eigenvalue weighted by Gasteiger charge is 1.96. The molecule has 0 aromatic heterocycles. The molecule has 68 valence electrons. The Kier molecular flexibility index (Phi) is 9.03. The summed E-state index contributed by atoms with van der Waals surface area (Å²) in [6.07, 6.45) is -0.378. The van der Waals surface area contributed by atoms with Gasteiger partial charge >= 0.3 is 0 Å². The van der Waals surface area contributed by atoms with Crippen LogP contribution in [0.4, 0.5) is 0 Å². The van der Waals surface area contributed by atoms with Crippen LogP contribution in [0.1, 0.15) is 6.92 Å². The molecule has 0 aliphatic rings. The third kappa shape index (κ3) is 9.48. The van der Waals surface area contributed by atoms with E-state index in [9.17, 15) is 0 Å². The number of halogens is 1. The second-order valence-electron chi connectivity index (χ2n) is 1.75. The van der Waals surface area contributed by atoms with Crippen molar-refractivity contribution < 1.29 is 9.84 Å². The number of nitrogens with two attached hydrogens (primary N) is 2. The molecular formula is C5H14ClN3O2. The lowest BCUT2D eigenvalue weighted by Gasteiger charge is -2.05. The van der Waals surface area contributed by atoms with Gasteiger partial charge in [0, 0.05) is 0 Å². The summed E-state index contributed by atoms with van der Waals surface area (Å²) in [7, 11) is 0. The number of nitrogens with zero attached hydrogens (tertiary/aromatic N) is 1. The normalized spacial score (nSPS) is 11.5. The molecule has 0 radical (unpaired) electrons. The lowest BCUT2D eigenvalue weighted by molar-refractivity contribution is 0.0442. The Morgan fingerprint density at radius 3 is 2.55 bits per heavy atom. The lowest BCUT2D eigenvalue weighted by Crippen LogP contribution is -2.25. The SMILES string of the molecule is CC(N=C(N)N)OCCO.Cl. The van der Waals surface area contributed by atoms with E-state index in [1.807, 2.05) is 0 Å². The quantitative estimate of drug-likeness (QED) is 0.387. The number of aliphatic hydroxyl groups excluding tert-OH is 1. The number of aliphatic hydroxyl groups is 1. The van der Waals surface area contributed by atoms with E-state index >= 15 is 0 Å². The van der Waals surface area contributed by atoms with Crippen LogP contribution in [0.25, 0.3) is 0 Å². The van der Waals surface area contributed by atoms with E-state index < -0.39 is 0 Å². The largest absolute Gasteiger partial charge is 0.394 e. The molecule has 11 heavy (non-hydrogen) atoms. The van der Waals surface area contributed by atoms with Crippen molar-refractivity contribution in [2.75, 3.05) is 13.2 Å².